The summed E-state index contributed by atoms with van der Waals surface area (Å²) >= 11 is 0. The number of carbonyl (C=O) groups is 1. The normalized spacial score (nSPS) is 15.7. The predicted octanol–water partition coefficient (Wildman–Crippen LogP) is 0.981. The van der Waals surface area contributed by atoms with Gasteiger partial charge < -0.3 is 10.8 Å². The van der Waals surface area contributed by atoms with Crippen LogP contribution >= 0.6 is 0 Å². The molecule has 2 heterocycles. The number of hydrogen-bond donors (Lipinski definition) is 3. The van der Waals surface area contributed by atoms with Crippen LogP contribution in [0.15, 0.2) is 6.20 Å². The van der Waals surface area contributed by atoms with E-state index < -0.39 is 5.97 Å². The van der Waals surface area contributed by atoms with Crippen molar-refractivity contribution in [1.29, 1.82) is 0 Å². The minimum absolute atomic E-state index is 0.0443. The van der Waals surface area contributed by atoms with Gasteiger partial charge >= 0.3 is 5.97 Å². The largest absolute Gasteiger partial charge is 0.476 e. The lowest BCUT2D eigenvalue weighted by Crippen LogP contribution is -2.28. The molecule has 3 rings (SSSR count). The van der Waals surface area contributed by atoms with E-state index in [1.165, 1.54) is 0 Å². The number of hydrogen-bond acceptors (Lipinski definition) is 5. The Bertz CT molecular complexity index is 689. The second kappa shape index (κ2) is 3.53. The zero-order valence-corrected chi connectivity index (χ0v) is 10.6. The van der Waals surface area contributed by atoms with Crippen molar-refractivity contribution in [2.24, 2.45) is 0 Å². The first-order valence-corrected chi connectivity index (χ1v) is 5.84. The van der Waals surface area contributed by atoms with Gasteiger partial charge in [-0.25, -0.2) is 14.8 Å². The Morgan fingerprint density at radius 2 is 2.26 bits per heavy atom. The maximum Gasteiger partial charge on any atom is 0.356 e. The molecule has 0 aliphatic heterocycles. The number of rotatable bonds is 1. The van der Waals surface area contributed by atoms with E-state index in [-0.39, 0.29) is 17.1 Å². The van der Waals surface area contributed by atoms with Crippen molar-refractivity contribution in [3.63, 3.8) is 0 Å². The molecule has 4 N–H and O–H groups in total. The van der Waals surface area contributed by atoms with E-state index in [9.17, 15) is 9.90 Å². The summed E-state index contributed by atoms with van der Waals surface area (Å²) in [6.45, 7) is 3.96. The van der Waals surface area contributed by atoms with Gasteiger partial charge in [-0.15, -0.1) is 0 Å². The summed E-state index contributed by atoms with van der Waals surface area (Å²) in [5.41, 5.74) is 8.17. The molecule has 0 radical (unpaired) electrons. The Kier molecular flexibility index (Phi) is 2.16. The summed E-state index contributed by atoms with van der Waals surface area (Å²) in [5.74, 6) is -0.882. The van der Waals surface area contributed by atoms with Gasteiger partial charge in [0.15, 0.2) is 5.69 Å². The van der Waals surface area contributed by atoms with E-state index in [4.69, 9.17) is 5.73 Å². The number of aromatic nitrogens is 4. The van der Waals surface area contributed by atoms with Crippen LogP contribution < -0.4 is 5.73 Å². The van der Waals surface area contributed by atoms with Crippen LogP contribution in [0.25, 0.3) is 11.4 Å². The Hall–Kier alpha value is -2.44. The van der Waals surface area contributed by atoms with E-state index in [2.05, 4.69) is 20.2 Å². The average molecular weight is 259 g/mol. The van der Waals surface area contributed by atoms with E-state index in [0.29, 0.717) is 23.4 Å². The van der Waals surface area contributed by atoms with Gasteiger partial charge in [0.25, 0.3) is 0 Å². The van der Waals surface area contributed by atoms with Crippen molar-refractivity contribution >= 4 is 11.9 Å². The van der Waals surface area contributed by atoms with Crippen molar-refractivity contribution in [1.82, 2.24) is 20.2 Å². The number of aromatic carboxylic acids is 1. The number of nitrogen functional groups attached to an aromatic ring is 1. The number of nitrogens with one attached hydrogen (secondary N) is 1. The molecular formula is C12H13N5O2. The second-order valence-electron chi connectivity index (χ2n) is 5.29. The maximum absolute atomic E-state index is 11.3. The molecular weight excluding hydrogens is 246 g/mol. The van der Waals surface area contributed by atoms with Crippen molar-refractivity contribution in [2.45, 2.75) is 25.7 Å². The summed E-state index contributed by atoms with van der Waals surface area (Å²) in [6, 6.07) is 0. The molecule has 2 aromatic rings. The number of aromatic amines is 1. The highest BCUT2D eigenvalue weighted by atomic mass is 16.4. The smallest absolute Gasteiger partial charge is 0.356 e. The highest BCUT2D eigenvalue weighted by molar-refractivity contribution is 5.91. The lowest BCUT2D eigenvalue weighted by atomic mass is 9.73. The molecule has 0 amide bonds. The van der Waals surface area contributed by atoms with Crippen LogP contribution in [-0.4, -0.2) is 31.2 Å². The van der Waals surface area contributed by atoms with Crippen molar-refractivity contribution in [3.05, 3.63) is 23.0 Å². The molecule has 0 aromatic carbocycles. The number of fused-ring (bicyclic) bond motifs is 3. The fourth-order valence-corrected chi connectivity index (χ4v) is 2.66. The number of anilines is 1. The van der Waals surface area contributed by atoms with E-state index >= 15 is 0 Å². The summed E-state index contributed by atoms with van der Waals surface area (Å²) in [6.07, 6.45) is 2.33. The van der Waals surface area contributed by atoms with Crippen molar-refractivity contribution < 1.29 is 9.90 Å². The third-order valence-corrected chi connectivity index (χ3v) is 3.40. The molecule has 0 saturated heterocycles. The Morgan fingerprint density at radius 3 is 2.95 bits per heavy atom. The monoisotopic (exact) mass is 259 g/mol. The first kappa shape index (κ1) is 11.6. The number of carboxylic acid groups (broad SMARTS) is 1. The second-order valence-corrected chi connectivity index (χ2v) is 5.29. The van der Waals surface area contributed by atoms with Gasteiger partial charge in [-0.3, -0.25) is 5.10 Å². The zero-order chi connectivity index (χ0) is 13.8. The van der Waals surface area contributed by atoms with Crippen LogP contribution in [0.5, 0.6) is 0 Å². The molecule has 2 aromatic heterocycles. The quantitative estimate of drug-likeness (QED) is 0.702. The van der Waals surface area contributed by atoms with Crippen LogP contribution in [0.3, 0.4) is 0 Å². The molecule has 0 spiro atoms. The number of H-pyrrole nitrogens is 1. The average Bonchev–Trinajstić information content (AvgIpc) is 2.76. The van der Waals surface area contributed by atoms with Crippen LogP contribution in [0, 0.1) is 0 Å². The molecule has 98 valence electrons. The molecule has 19 heavy (non-hydrogen) atoms. The fraction of sp³-hybridized carbons (Fsp3) is 0.333. The zero-order valence-electron chi connectivity index (χ0n) is 10.6. The molecule has 0 atom stereocenters. The number of nitrogens with zero attached hydrogens (tertiary/aromatic N) is 3. The number of carboxylic acids is 1. The lowest BCUT2D eigenvalue weighted by molar-refractivity contribution is 0.0687. The van der Waals surface area contributed by atoms with Gasteiger partial charge in [-0.1, -0.05) is 13.8 Å². The Labute approximate surface area is 108 Å². The van der Waals surface area contributed by atoms with Crippen LogP contribution in [0.1, 0.15) is 35.5 Å². The predicted molar refractivity (Wildman–Crippen MR) is 67.7 cm³/mol. The van der Waals surface area contributed by atoms with Gasteiger partial charge in [0, 0.05) is 11.8 Å². The highest BCUT2D eigenvalue weighted by Crippen LogP contribution is 2.42. The van der Waals surface area contributed by atoms with Gasteiger partial charge in [-0.2, -0.15) is 5.10 Å². The van der Waals surface area contributed by atoms with Gasteiger partial charge in [0.05, 0.1) is 11.4 Å². The SMILES string of the molecule is CC1(C)Cc2cnc(N)nc2-c2[nH]nc(C(=O)O)c21. The third-order valence-electron chi connectivity index (χ3n) is 3.40. The minimum Gasteiger partial charge on any atom is -0.476 e. The third kappa shape index (κ3) is 1.58. The topological polar surface area (TPSA) is 118 Å². The highest BCUT2D eigenvalue weighted by Gasteiger charge is 2.38. The van der Waals surface area contributed by atoms with Crippen molar-refractivity contribution in [3.8, 4) is 11.4 Å². The van der Waals surface area contributed by atoms with Crippen LogP contribution in [-0.2, 0) is 11.8 Å². The first-order chi connectivity index (χ1) is 8.90. The minimum atomic E-state index is -1.05. The van der Waals surface area contributed by atoms with Gasteiger partial charge in [0.1, 0.15) is 0 Å². The summed E-state index contributed by atoms with van der Waals surface area (Å²) in [4.78, 5) is 19.4. The first-order valence-electron chi connectivity index (χ1n) is 5.84. The molecule has 1 aliphatic carbocycles. The molecule has 0 saturated carbocycles. The molecule has 0 unspecified atom stereocenters. The van der Waals surface area contributed by atoms with Crippen LogP contribution in [0.4, 0.5) is 5.95 Å². The summed E-state index contributed by atoms with van der Waals surface area (Å²) in [7, 11) is 0. The van der Waals surface area contributed by atoms with Gasteiger partial charge in [-0.05, 0) is 17.4 Å². The van der Waals surface area contributed by atoms with Crippen molar-refractivity contribution in [2.75, 3.05) is 5.73 Å². The van der Waals surface area contributed by atoms with E-state index in [1.54, 1.807) is 6.20 Å². The van der Waals surface area contributed by atoms with Crippen LogP contribution in [0.2, 0.25) is 0 Å². The number of nitrogens with two attached hydrogens (primary N) is 1. The maximum atomic E-state index is 11.3. The molecule has 7 heteroatoms. The summed E-state index contributed by atoms with van der Waals surface area (Å²) in [5, 5.41) is 15.9. The molecule has 1 aliphatic rings. The van der Waals surface area contributed by atoms with E-state index in [0.717, 1.165) is 5.56 Å². The Morgan fingerprint density at radius 1 is 1.53 bits per heavy atom. The molecule has 7 nitrogen and oxygen atoms in total. The van der Waals surface area contributed by atoms with Gasteiger partial charge in [0.2, 0.25) is 5.95 Å². The molecule has 0 bridgehead atoms. The van der Waals surface area contributed by atoms with E-state index in [1.807, 2.05) is 13.8 Å². The lowest BCUT2D eigenvalue weighted by Gasteiger charge is -2.30. The standard InChI is InChI=1S/C12H13N5O2/c1-12(2)3-5-4-14-11(13)15-7(5)8-6(12)9(10(18)19)17-16-8/h4H,3H2,1-2H3,(H,16,17)(H,18,19)(H2,13,14,15). The molecule has 0 fully saturated rings. The Balaban J connectivity index is 2.33. The summed E-state index contributed by atoms with van der Waals surface area (Å²) < 4.78 is 0. The fourth-order valence-electron chi connectivity index (χ4n) is 2.66.